The van der Waals surface area contributed by atoms with Gasteiger partial charge in [0, 0.05) is 0 Å². The Hall–Kier alpha value is -2.62. The Morgan fingerprint density at radius 2 is 1.62 bits per heavy atom. The number of sulfonamides is 1. The summed E-state index contributed by atoms with van der Waals surface area (Å²) in [6.07, 6.45) is 0. The minimum Gasteiger partial charge on any atom is -0.465 e. The zero-order valence-electron chi connectivity index (χ0n) is 11.9. The van der Waals surface area contributed by atoms with Crippen LogP contribution in [0.25, 0.3) is 0 Å². The van der Waals surface area contributed by atoms with Gasteiger partial charge in [-0.1, -0.05) is 0 Å². The zero-order valence-corrected chi connectivity index (χ0v) is 12.8. The van der Waals surface area contributed by atoms with Crippen molar-refractivity contribution in [2.75, 3.05) is 11.8 Å². The van der Waals surface area contributed by atoms with Gasteiger partial charge in [-0.2, -0.15) is 0 Å². The topological polar surface area (TPSA) is 72.5 Å². The van der Waals surface area contributed by atoms with Gasteiger partial charge >= 0.3 is 5.97 Å². The Kier molecular flexibility index (Phi) is 4.78. The first-order valence-electron chi connectivity index (χ1n) is 6.21. The number of anilines is 1. The van der Waals surface area contributed by atoms with E-state index >= 15 is 0 Å². The maximum Gasteiger partial charge on any atom is 0.337 e. The zero-order chi connectivity index (χ0) is 18.1. The molecule has 128 valence electrons. The summed E-state index contributed by atoms with van der Waals surface area (Å²) >= 11 is 0. The summed E-state index contributed by atoms with van der Waals surface area (Å²) in [5, 5.41) is 0. The number of halogens is 4. The van der Waals surface area contributed by atoms with Crippen LogP contribution in [0.3, 0.4) is 0 Å². The molecule has 0 unspecified atom stereocenters. The number of carbonyl (C=O) groups is 1. The lowest BCUT2D eigenvalue weighted by atomic mass is 10.2. The summed E-state index contributed by atoms with van der Waals surface area (Å²) in [6.45, 7) is 0. The maximum absolute atomic E-state index is 13.8. The van der Waals surface area contributed by atoms with Crippen molar-refractivity contribution in [2.24, 2.45) is 0 Å². The second-order valence-electron chi connectivity index (χ2n) is 4.47. The summed E-state index contributed by atoms with van der Waals surface area (Å²) in [4.78, 5) is 10.4. The number of ether oxygens (including phenoxy) is 1. The van der Waals surface area contributed by atoms with Crippen molar-refractivity contribution in [3.8, 4) is 0 Å². The average Bonchev–Trinajstić information content (AvgIpc) is 2.55. The first-order chi connectivity index (χ1) is 11.2. The van der Waals surface area contributed by atoms with Gasteiger partial charge in [0.1, 0.15) is 10.7 Å². The summed E-state index contributed by atoms with van der Waals surface area (Å²) < 4.78 is 83.6. The third kappa shape index (κ3) is 3.32. The molecule has 5 nitrogen and oxygen atoms in total. The molecule has 2 aromatic rings. The van der Waals surface area contributed by atoms with Gasteiger partial charge in [0.25, 0.3) is 10.0 Å². The highest BCUT2D eigenvalue weighted by Crippen LogP contribution is 2.24. The van der Waals surface area contributed by atoms with Gasteiger partial charge < -0.3 is 4.74 Å². The molecule has 0 aromatic heterocycles. The molecule has 2 rings (SSSR count). The number of rotatable bonds is 4. The maximum atomic E-state index is 13.8. The summed E-state index contributed by atoms with van der Waals surface area (Å²) in [5.74, 6) is -7.36. The van der Waals surface area contributed by atoms with Crippen LogP contribution in [-0.4, -0.2) is 21.5 Å². The molecule has 10 heteroatoms. The minimum absolute atomic E-state index is 0.273. The van der Waals surface area contributed by atoms with Crippen LogP contribution in [0.2, 0.25) is 0 Å². The second-order valence-corrected chi connectivity index (χ2v) is 6.12. The molecule has 0 radical (unpaired) electrons. The molecule has 0 amide bonds. The highest BCUT2D eigenvalue weighted by atomic mass is 32.2. The van der Waals surface area contributed by atoms with E-state index < -0.39 is 49.8 Å². The fourth-order valence-corrected chi connectivity index (χ4v) is 2.92. The quantitative estimate of drug-likeness (QED) is 0.515. The van der Waals surface area contributed by atoms with E-state index in [0.717, 1.165) is 13.2 Å². The number of carbonyl (C=O) groups excluding carboxylic acids is 1. The molecule has 0 saturated heterocycles. The molecule has 0 atom stereocenters. The molecule has 0 aliphatic heterocycles. The summed E-state index contributed by atoms with van der Waals surface area (Å²) in [6, 6.07) is 3.48. The molecular weight excluding hydrogens is 354 g/mol. The van der Waals surface area contributed by atoms with E-state index in [0.29, 0.717) is 24.3 Å². The van der Waals surface area contributed by atoms with E-state index in [1.165, 1.54) is 0 Å². The predicted molar refractivity (Wildman–Crippen MR) is 74.9 cm³/mol. The molecule has 0 heterocycles. The van der Waals surface area contributed by atoms with Crippen molar-refractivity contribution in [1.29, 1.82) is 0 Å². The number of hydrogen-bond acceptors (Lipinski definition) is 4. The molecule has 0 spiro atoms. The van der Waals surface area contributed by atoms with E-state index in [-0.39, 0.29) is 5.56 Å². The number of esters is 1. The monoisotopic (exact) mass is 363 g/mol. The molecule has 1 N–H and O–H groups in total. The van der Waals surface area contributed by atoms with Gasteiger partial charge in [0.15, 0.2) is 17.5 Å². The fraction of sp³-hybridized carbons (Fsp3) is 0.0714. The van der Waals surface area contributed by atoms with Crippen LogP contribution in [0.15, 0.2) is 35.2 Å². The van der Waals surface area contributed by atoms with E-state index in [9.17, 15) is 30.8 Å². The molecule has 0 bridgehead atoms. The van der Waals surface area contributed by atoms with E-state index in [4.69, 9.17) is 0 Å². The summed E-state index contributed by atoms with van der Waals surface area (Å²) in [7, 11) is -3.69. The van der Waals surface area contributed by atoms with Gasteiger partial charge in [-0.15, -0.1) is 0 Å². The van der Waals surface area contributed by atoms with E-state index in [2.05, 4.69) is 4.74 Å². The fourth-order valence-electron chi connectivity index (χ4n) is 1.76. The Bertz CT molecular complexity index is 915. The number of nitrogens with one attached hydrogen (secondary N) is 1. The normalized spacial score (nSPS) is 11.2. The largest absolute Gasteiger partial charge is 0.465 e. The Balaban J connectivity index is 2.48. The van der Waals surface area contributed by atoms with E-state index in [1.807, 2.05) is 0 Å². The Morgan fingerprint density at radius 3 is 2.25 bits per heavy atom. The lowest BCUT2D eigenvalue weighted by molar-refractivity contribution is 0.0600. The van der Waals surface area contributed by atoms with Crippen LogP contribution in [0.5, 0.6) is 0 Å². The standard InChI is InChI=1S/C14H9F4NO4S/c1-23-14(20)7-2-3-8(15)11(6-7)24(21,22)19-10-5-4-9(16)12(17)13(10)18/h2-6,19H,1H3. The molecular formula is C14H9F4NO4S. The van der Waals surface area contributed by atoms with Crippen LogP contribution in [-0.2, 0) is 14.8 Å². The molecule has 2 aromatic carbocycles. The van der Waals surface area contributed by atoms with Crippen LogP contribution in [0.4, 0.5) is 23.2 Å². The lowest BCUT2D eigenvalue weighted by Crippen LogP contribution is -2.17. The molecule has 0 saturated carbocycles. The Labute approximate surface area is 133 Å². The Morgan fingerprint density at radius 1 is 1.00 bits per heavy atom. The SMILES string of the molecule is COC(=O)c1ccc(F)c(S(=O)(=O)Nc2ccc(F)c(F)c2F)c1. The van der Waals surface area contributed by atoms with Gasteiger partial charge in [-0.25, -0.2) is 30.8 Å². The predicted octanol–water partition coefficient (Wildman–Crippen LogP) is 2.83. The van der Waals surface area contributed by atoms with Crippen molar-refractivity contribution in [3.05, 3.63) is 59.2 Å². The van der Waals surface area contributed by atoms with Gasteiger partial charge in [0.2, 0.25) is 0 Å². The smallest absolute Gasteiger partial charge is 0.337 e. The van der Waals surface area contributed by atoms with Gasteiger partial charge in [-0.3, -0.25) is 4.72 Å². The third-order valence-corrected chi connectivity index (χ3v) is 4.30. The van der Waals surface area contributed by atoms with Crippen LogP contribution in [0, 0.1) is 23.3 Å². The third-order valence-electron chi connectivity index (χ3n) is 2.92. The van der Waals surface area contributed by atoms with Crippen molar-refractivity contribution in [3.63, 3.8) is 0 Å². The van der Waals surface area contributed by atoms with Gasteiger partial charge in [0.05, 0.1) is 18.4 Å². The lowest BCUT2D eigenvalue weighted by Gasteiger charge is -2.11. The number of methoxy groups -OCH3 is 1. The van der Waals surface area contributed by atoms with Crippen molar-refractivity contribution in [2.45, 2.75) is 4.90 Å². The van der Waals surface area contributed by atoms with Gasteiger partial charge in [-0.05, 0) is 30.3 Å². The minimum atomic E-state index is -4.72. The van der Waals surface area contributed by atoms with Crippen molar-refractivity contribution >= 4 is 21.7 Å². The molecule has 24 heavy (non-hydrogen) atoms. The van der Waals surface area contributed by atoms with Crippen molar-refractivity contribution in [1.82, 2.24) is 0 Å². The molecule has 0 aliphatic carbocycles. The number of benzene rings is 2. The molecule has 0 aliphatic rings. The average molecular weight is 363 g/mol. The van der Waals surface area contributed by atoms with Crippen LogP contribution >= 0.6 is 0 Å². The first kappa shape index (κ1) is 17.7. The highest BCUT2D eigenvalue weighted by molar-refractivity contribution is 7.92. The van der Waals surface area contributed by atoms with Crippen LogP contribution in [0.1, 0.15) is 10.4 Å². The van der Waals surface area contributed by atoms with E-state index in [1.54, 1.807) is 4.72 Å². The van der Waals surface area contributed by atoms with Crippen LogP contribution < -0.4 is 4.72 Å². The second kappa shape index (κ2) is 6.48. The highest BCUT2D eigenvalue weighted by Gasteiger charge is 2.24. The number of hydrogen-bond donors (Lipinski definition) is 1. The van der Waals surface area contributed by atoms with Crippen molar-refractivity contribution < 1.29 is 35.5 Å². The summed E-state index contributed by atoms with van der Waals surface area (Å²) in [5.41, 5.74) is -1.19. The first-order valence-corrected chi connectivity index (χ1v) is 7.70. The molecule has 0 fully saturated rings.